The molecule has 0 radical (unpaired) electrons. The van der Waals surface area contributed by atoms with Crippen LogP contribution >= 0.6 is 0 Å². The van der Waals surface area contributed by atoms with Crippen LogP contribution in [0.2, 0.25) is 0 Å². The van der Waals surface area contributed by atoms with Gasteiger partial charge < -0.3 is 27.7 Å². The third-order valence-corrected chi connectivity index (χ3v) is 0. The van der Waals surface area contributed by atoms with E-state index in [2.05, 4.69) is 0 Å². The predicted octanol–water partition coefficient (Wildman–Crippen LogP) is -6.15. The number of hydrogen-bond donors (Lipinski definition) is 0. The zero-order valence-corrected chi connectivity index (χ0v) is 8.06. The van der Waals surface area contributed by atoms with Crippen molar-refractivity contribution in [1.82, 2.24) is 0 Å². The monoisotopic (exact) mass is 160 g/mol. The van der Waals surface area contributed by atoms with Crippen LogP contribution < -0.4 is 24.8 Å². The first-order valence-corrected chi connectivity index (χ1v) is 0. The van der Waals surface area contributed by atoms with Gasteiger partial charge in [-0.25, -0.2) is 0 Å². The molecule has 0 aliphatic rings. The van der Waals surface area contributed by atoms with Gasteiger partial charge in [0.15, 0.2) is 0 Å². The van der Waals surface area contributed by atoms with E-state index in [1.807, 2.05) is 0 Å². The molecule has 0 saturated heterocycles. The maximum Gasteiger partial charge on any atom is 2.00 e. The Labute approximate surface area is 69.8 Å². The zero-order chi connectivity index (χ0) is 0. The van der Waals surface area contributed by atoms with Crippen molar-refractivity contribution >= 4 is 23.1 Å². The third kappa shape index (κ3) is 9.02. The molecule has 0 aliphatic carbocycles. The first-order chi connectivity index (χ1) is 0. The first-order valence-electron chi connectivity index (χ1n) is 0. The summed E-state index contributed by atoms with van der Waals surface area (Å²) in [6, 6.07) is 0. The molecule has 0 aromatic rings. The van der Waals surface area contributed by atoms with Crippen molar-refractivity contribution < 1.29 is 47.1 Å². The van der Waals surface area contributed by atoms with Gasteiger partial charge in [-0.05, 0) is 0 Å². The SMILES string of the molecule is [Cl-].[Cl-].[H-].[H-].[Mg+2].[Zn+2]. The Bertz CT molecular complexity index is 11.5. The van der Waals surface area contributed by atoms with Crippen molar-refractivity contribution in [3.05, 3.63) is 0 Å². The average molecular weight is 163 g/mol. The second kappa shape index (κ2) is 20.2. The maximum absolute atomic E-state index is 0. The van der Waals surface area contributed by atoms with Gasteiger partial charge in [0.05, 0.1) is 0 Å². The second-order valence-corrected chi connectivity index (χ2v) is 0. The minimum atomic E-state index is 0. The smallest absolute Gasteiger partial charge is 1.00 e. The quantitative estimate of drug-likeness (QED) is 0.311. The Morgan fingerprint density at radius 1 is 1.00 bits per heavy atom. The van der Waals surface area contributed by atoms with Crippen LogP contribution in [0, 0.1) is 0 Å². The number of hydrogen-bond acceptors (Lipinski definition) is 0. The fourth-order valence-corrected chi connectivity index (χ4v) is 0. The molecule has 0 saturated carbocycles. The molecule has 0 amide bonds. The van der Waals surface area contributed by atoms with E-state index in [9.17, 15) is 0 Å². The van der Waals surface area contributed by atoms with Crippen LogP contribution in [0.15, 0.2) is 0 Å². The minimum absolute atomic E-state index is 0. The Kier molecular flexibility index (Phi) is 192. The molecule has 0 bridgehead atoms. The Morgan fingerprint density at radius 3 is 1.00 bits per heavy atom. The summed E-state index contributed by atoms with van der Waals surface area (Å²) in [4.78, 5) is 0. The van der Waals surface area contributed by atoms with Gasteiger partial charge in [0.1, 0.15) is 0 Å². The van der Waals surface area contributed by atoms with Crippen molar-refractivity contribution in [3.63, 3.8) is 0 Å². The molecule has 0 nitrogen and oxygen atoms in total. The van der Waals surface area contributed by atoms with Crippen LogP contribution in [0.25, 0.3) is 0 Å². The fraction of sp³-hybridized carbons (Fsp3) is 0. The molecule has 0 atom stereocenters. The summed E-state index contributed by atoms with van der Waals surface area (Å²) in [7, 11) is 0. The van der Waals surface area contributed by atoms with E-state index in [0.717, 1.165) is 0 Å². The molecule has 0 aliphatic heterocycles. The van der Waals surface area contributed by atoms with Gasteiger partial charge in [0, 0.05) is 0 Å². The van der Waals surface area contributed by atoms with E-state index < -0.39 is 0 Å². The number of rotatable bonds is 0. The Morgan fingerprint density at radius 2 is 1.00 bits per heavy atom. The standard InChI is InChI=1S/2ClH.Mg.Zn.2H/h2*1H;;;;/q;;2*+2;2*-1/p-2. The van der Waals surface area contributed by atoms with Crippen molar-refractivity contribution in [1.29, 1.82) is 0 Å². The summed E-state index contributed by atoms with van der Waals surface area (Å²) < 4.78 is 0. The average Bonchev–Trinajstić information content (AvgIpc) is 0. The van der Waals surface area contributed by atoms with E-state index in [-0.39, 0.29) is 70.2 Å². The molecule has 0 spiro atoms. The normalized spacial score (nSPS) is 0. The van der Waals surface area contributed by atoms with Crippen molar-refractivity contribution in [2.24, 2.45) is 0 Å². The molecule has 20 valence electrons. The summed E-state index contributed by atoms with van der Waals surface area (Å²) in [6.07, 6.45) is 0. The fourth-order valence-electron chi connectivity index (χ4n) is 0. The zero-order valence-electron chi connectivity index (χ0n) is 4.17. The summed E-state index contributed by atoms with van der Waals surface area (Å²) in [5.41, 5.74) is 0. The summed E-state index contributed by atoms with van der Waals surface area (Å²) in [6.45, 7) is 0. The summed E-state index contributed by atoms with van der Waals surface area (Å²) >= 11 is 0. The van der Waals surface area contributed by atoms with Gasteiger partial charge in [-0.1, -0.05) is 0 Å². The largest absolute Gasteiger partial charge is 2.00 e. The van der Waals surface area contributed by atoms with Crippen LogP contribution in [-0.4, -0.2) is 23.1 Å². The molecule has 0 N–H and O–H groups in total. The Hall–Kier alpha value is 1.97. The molecule has 0 fully saturated rings. The van der Waals surface area contributed by atoms with E-state index in [1.165, 1.54) is 0 Å². The second-order valence-electron chi connectivity index (χ2n) is 0. The molecule has 0 rings (SSSR count). The maximum atomic E-state index is 0. The van der Waals surface area contributed by atoms with Gasteiger partial charge in [-0.2, -0.15) is 0 Å². The molecule has 0 unspecified atom stereocenters. The van der Waals surface area contributed by atoms with Gasteiger partial charge in [0.2, 0.25) is 0 Å². The molecule has 0 aromatic carbocycles. The van der Waals surface area contributed by atoms with Crippen molar-refractivity contribution in [2.75, 3.05) is 0 Å². The minimum Gasteiger partial charge on any atom is -1.00 e. The first kappa shape index (κ1) is 38.0. The van der Waals surface area contributed by atoms with Gasteiger partial charge in [0.25, 0.3) is 0 Å². The van der Waals surface area contributed by atoms with E-state index >= 15 is 0 Å². The molecule has 4 heteroatoms. The number of halogens is 2. The topological polar surface area (TPSA) is 0 Å². The third-order valence-electron chi connectivity index (χ3n) is 0. The van der Waals surface area contributed by atoms with E-state index in [4.69, 9.17) is 0 Å². The summed E-state index contributed by atoms with van der Waals surface area (Å²) in [5, 5.41) is 0. The molecule has 0 heterocycles. The van der Waals surface area contributed by atoms with Crippen LogP contribution in [0.3, 0.4) is 0 Å². The predicted molar refractivity (Wildman–Crippen MR) is 7.98 cm³/mol. The molecular weight excluding hydrogens is 161 g/mol. The van der Waals surface area contributed by atoms with Gasteiger partial charge in [-0.15, -0.1) is 0 Å². The van der Waals surface area contributed by atoms with Crippen molar-refractivity contribution in [2.45, 2.75) is 0 Å². The van der Waals surface area contributed by atoms with Crippen LogP contribution in [0.1, 0.15) is 2.85 Å². The van der Waals surface area contributed by atoms with Crippen molar-refractivity contribution in [3.8, 4) is 0 Å². The van der Waals surface area contributed by atoms with Crippen LogP contribution in [0.4, 0.5) is 0 Å². The summed E-state index contributed by atoms with van der Waals surface area (Å²) in [5.74, 6) is 0. The van der Waals surface area contributed by atoms with Gasteiger partial charge >= 0.3 is 42.5 Å². The molecule has 4 heavy (non-hydrogen) atoms. The Balaban J connectivity index is 0. The van der Waals surface area contributed by atoms with Crippen LogP contribution in [-0.2, 0) is 19.5 Å². The van der Waals surface area contributed by atoms with Gasteiger partial charge in [-0.3, -0.25) is 0 Å². The van der Waals surface area contributed by atoms with E-state index in [1.54, 1.807) is 0 Å². The molecule has 0 aromatic heterocycles. The molecular formula is H2Cl2MgZn. The van der Waals surface area contributed by atoms with E-state index in [0.29, 0.717) is 0 Å². The van der Waals surface area contributed by atoms with Crippen LogP contribution in [0.5, 0.6) is 0 Å².